The maximum atomic E-state index is 12.8. The van der Waals surface area contributed by atoms with Crippen LogP contribution in [0.3, 0.4) is 0 Å². The fraction of sp³-hybridized carbons (Fsp3) is 0.579. The maximum Gasteiger partial charge on any atom is 0.254 e. The van der Waals surface area contributed by atoms with Crippen LogP contribution in [0.15, 0.2) is 24.3 Å². The van der Waals surface area contributed by atoms with Crippen LogP contribution in [0.2, 0.25) is 0 Å². The van der Waals surface area contributed by atoms with Crippen LogP contribution >= 0.6 is 0 Å². The average molecular weight is 303 g/mol. The van der Waals surface area contributed by atoms with Gasteiger partial charge in [0, 0.05) is 23.7 Å². The van der Waals surface area contributed by atoms with Crippen molar-refractivity contribution in [1.29, 1.82) is 0 Å². The monoisotopic (exact) mass is 303 g/mol. The highest BCUT2D eigenvalue weighted by Gasteiger charge is 2.20. The Hall–Kier alpha value is -1.64. The van der Waals surface area contributed by atoms with Crippen LogP contribution in [0.25, 0.3) is 0 Å². The van der Waals surface area contributed by atoms with Gasteiger partial charge in [0.05, 0.1) is 0 Å². The second-order valence-corrected chi connectivity index (χ2v) is 5.98. The molecule has 1 amide bonds. The fourth-order valence-corrected chi connectivity index (χ4v) is 2.64. The van der Waals surface area contributed by atoms with Gasteiger partial charge in [-0.1, -0.05) is 45.2 Å². The van der Waals surface area contributed by atoms with Crippen molar-refractivity contribution in [1.82, 2.24) is 4.90 Å². The smallest absolute Gasteiger partial charge is 0.254 e. The Morgan fingerprint density at radius 3 is 2.09 bits per heavy atom. The van der Waals surface area contributed by atoms with Crippen LogP contribution in [0.4, 0.5) is 0 Å². The molecular weight excluding hydrogens is 274 g/mol. The van der Waals surface area contributed by atoms with Gasteiger partial charge in [-0.15, -0.1) is 0 Å². The summed E-state index contributed by atoms with van der Waals surface area (Å²) in [5.74, 6) is 0.102. The number of carbonyl (C=O) groups is 2. The van der Waals surface area contributed by atoms with Crippen molar-refractivity contribution >= 4 is 11.7 Å². The molecule has 22 heavy (non-hydrogen) atoms. The zero-order valence-corrected chi connectivity index (χ0v) is 14.4. The zero-order chi connectivity index (χ0) is 16.5. The number of carbonyl (C=O) groups excluding carboxylic acids is 2. The first-order chi connectivity index (χ1) is 10.5. The van der Waals surface area contributed by atoms with Crippen LogP contribution in [0.1, 0.15) is 80.5 Å². The van der Waals surface area contributed by atoms with Gasteiger partial charge in [0.1, 0.15) is 0 Å². The predicted molar refractivity (Wildman–Crippen MR) is 91.4 cm³/mol. The molecule has 3 nitrogen and oxygen atoms in total. The van der Waals surface area contributed by atoms with Crippen LogP contribution in [0.5, 0.6) is 0 Å². The Morgan fingerprint density at radius 2 is 1.59 bits per heavy atom. The summed E-state index contributed by atoms with van der Waals surface area (Å²) in [5, 5.41) is 0. The molecule has 0 saturated carbocycles. The van der Waals surface area contributed by atoms with Gasteiger partial charge in [0.15, 0.2) is 5.78 Å². The van der Waals surface area contributed by atoms with Crippen molar-refractivity contribution in [2.75, 3.05) is 6.54 Å². The topological polar surface area (TPSA) is 37.4 Å². The van der Waals surface area contributed by atoms with Gasteiger partial charge in [0.25, 0.3) is 5.91 Å². The van der Waals surface area contributed by atoms with E-state index in [0.29, 0.717) is 11.1 Å². The van der Waals surface area contributed by atoms with E-state index >= 15 is 0 Å². The summed E-state index contributed by atoms with van der Waals surface area (Å²) in [6.45, 7) is 8.78. The molecule has 0 aliphatic carbocycles. The van der Waals surface area contributed by atoms with E-state index in [-0.39, 0.29) is 17.7 Å². The minimum Gasteiger partial charge on any atom is -0.336 e. The standard InChI is InChI=1S/C19H29NO2/c1-5-7-8-14-20(15(3)9-6-2)19(22)18-12-10-17(11-13-18)16(4)21/h10-13,15H,5-9,14H2,1-4H3. The molecule has 3 heteroatoms. The van der Waals surface area contributed by atoms with Gasteiger partial charge in [-0.2, -0.15) is 0 Å². The molecule has 0 N–H and O–H groups in total. The third-order valence-electron chi connectivity index (χ3n) is 4.04. The molecule has 0 radical (unpaired) electrons. The van der Waals surface area contributed by atoms with Crippen molar-refractivity contribution in [3.63, 3.8) is 0 Å². The molecule has 0 saturated heterocycles. The number of rotatable bonds is 9. The first-order valence-corrected chi connectivity index (χ1v) is 8.43. The highest BCUT2D eigenvalue weighted by Crippen LogP contribution is 2.15. The Balaban J connectivity index is 2.86. The second kappa shape index (κ2) is 9.39. The van der Waals surface area contributed by atoms with E-state index in [2.05, 4.69) is 20.8 Å². The Morgan fingerprint density at radius 1 is 1.00 bits per heavy atom. The second-order valence-electron chi connectivity index (χ2n) is 5.98. The van der Waals surface area contributed by atoms with Crippen LogP contribution in [0, 0.1) is 0 Å². The summed E-state index contributed by atoms with van der Waals surface area (Å²) < 4.78 is 0. The third kappa shape index (κ3) is 5.28. The average Bonchev–Trinajstić information content (AvgIpc) is 2.51. The van der Waals surface area contributed by atoms with Crippen molar-refractivity contribution in [3.8, 4) is 0 Å². The normalized spacial score (nSPS) is 12.0. The largest absolute Gasteiger partial charge is 0.336 e. The molecule has 0 spiro atoms. The quantitative estimate of drug-likeness (QED) is 0.489. The van der Waals surface area contributed by atoms with Gasteiger partial charge < -0.3 is 4.90 Å². The van der Waals surface area contributed by atoms with Gasteiger partial charge in [-0.25, -0.2) is 0 Å². The number of amides is 1. The van der Waals surface area contributed by atoms with Gasteiger partial charge in [-0.3, -0.25) is 9.59 Å². The molecule has 122 valence electrons. The summed E-state index contributed by atoms with van der Waals surface area (Å²) in [7, 11) is 0. The van der Waals surface area contributed by atoms with Crippen molar-refractivity contribution in [3.05, 3.63) is 35.4 Å². The lowest BCUT2D eigenvalue weighted by molar-refractivity contribution is 0.0679. The molecule has 0 bridgehead atoms. The van der Waals surface area contributed by atoms with E-state index in [0.717, 1.165) is 38.6 Å². The minimum absolute atomic E-state index is 0.0261. The van der Waals surface area contributed by atoms with Crippen molar-refractivity contribution < 1.29 is 9.59 Å². The van der Waals surface area contributed by atoms with E-state index in [9.17, 15) is 9.59 Å². The lowest BCUT2D eigenvalue weighted by atomic mass is 10.1. The van der Waals surface area contributed by atoms with Crippen LogP contribution < -0.4 is 0 Å². The predicted octanol–water partition coefficient (Wildman–Crippen LogP) is 4.71. The summed E-state index contributed by atoms with van der Waals surface area (Å²) >= 11 is 0. The maximum absolute atomic E-state index is 12.8. The summed E-state index contributed by atoms with van der Waals surface area (Å²) in [5.41, 5.74) is 1.32. The highest BCUT2D eigenvalue weighted by atomic mass is 16.2. The number of ketones is 1. The number of benzene rings is 1. The van der Waals surface area contributed by atoms with Gasteiger partial charge in [-0.05, 0) is 38.8 Å². The minimum atomic E-state index is 0.0261. The van der Waals surface area contributed by atoms with E-state index in [1.54, 1.807) is 24.3 Å². The first-order valence-electron chi connectivity index (χ1n) is 8.43. The Kier molecular flexibility index (Phi) is 7.86. The van der Waals surface area contributed by atoms with Crippen LogP contribution in [-0.2, 0) is 0 Å². The summed E-state index contributed by atoms with van der Waals surface area (Å²) in [4.78, 5) is 26.1. The van der Waals surface area contributed by atoms with Crippen molar-refractivity contribution in [2.24, 2.45) is 0 Å². The third-order valence-corrected chi connectivity index (χ3v) is 4.04. The molecule has 0 fully saturated rings. The summed E-state index contributed by atoms with van der Waals surface area (Å²) in [6.07, 6.45) is 5.43. The molecule has 0 heterocycles. The lowest BCUT2D eigenvalue weighted by Crippen LogP contribution is -2.39. The molecule has 1 aromatic carbocycles. The molecule has 0 aliphatic heterocycles. The Bertz CT molecular complexity index is 479. The number of hydrogen-bond donors (Lipinski definition) is 0. The zero-order valence-electron chi connectivity index (χ0n) is 14.4. The summed E-state index contributed by atoms with van der Waals surface area (Å²) in [6, 6.07) is 7.27. The lowest BCUT2D eigenvalue weighted by Gasteiger charge is -2.29. The van der Waals surface area contributed by atoms with E-state index < -0.39 is 0 Å². The van der Waals surface area contributed by atoms with E-state index in [1.165, 1.54) is 6.92 Å². The first kappa shape index (κ1) is 18.4. The SMILES string of the molecule is CCCCCN(C(=O)c1ccc(C(C)=O)cc1)C(C)CCC. The number of unbranched alkanes of at least 4 members (excludes halogenated alkanes) is 2. The van der Waals surface area contributed by atoms with Gasteiger partial charge in [0.2, 0.25) is 0 Å². The molecule has 1 unspecified atom stereocenters. The fourth-order valence-electron chi connectivity index (χ4n) is 2.64. The van der Waals surface area contributed by atoms with Crippen LogP contribution in [-0.4, -0.2) is 29.2 Å². The molecule has 0 aliphatic rings. The molecule has 1 aromatic rings. The number of Topliss-reactive ketones (excluding diaryl/α,β-unsaturated/α-hetero) is 1. The molecule has 0 aromatic heterocycles. The van der Waals surface area contributed by atoms with E-state index in [4.69, 9.17) is 0 Å². The molecule has 1 atom stereocenters. The van der Waals surface area contributed by atoms with Crippen molar-refractivity contribution in [2.45, 2.75) is 65.8 Å². The Labute approximate surface area is 134 Å². The molecule has 1 rings (SSSR count). The number of hydrogen-bond acceptors (Lipinski definition) is 2. The molecular formula is C19H29NO2. The van der Waals surface area contributed by atoms with E-state index in [1.807, 2.05) is 4.90 Å². The van der Waals surface area contributed by atoms with Gasteiger partial charge >= 0.3 is 0 Å². The highest BCUT2D eigenvalue weighted by molar-refractivity contribution is 5.97. The number of nitrogens with zero attached hydrogens (tertiary/aromatic N) is 1.